The second kappa shape index (κ2) is 5.76. The summed E-state index contributed by atoms with van der Waals surface area (Å²) in [6.07, 6.45) is 0.229. The van der Waals surface area contributed by atoms with Crippen LogP contribution in [0.15, 0.2) is 18.2 Å². The Labute approximate surface area is 94.8 Å². The topological polar surface area (TPSA) is 62.1 Å². The highest BCUT2D eigenvalue weighted by Gasteiger charge is 2.08. The number of nitrogens with zero attached hydrogens (tertiary/aromatic N) is 1. The molecule has 0 fully saturated rings. The number of carbonyl (C=O) groups is 1. The first-order valence-electron chi connectivity index (χ1n) is 4.94. The lowest BCUT2D eigenvalue weighted by Crippen LogP contribution is -2.25. The van der Waals surface area contributed by atoms with E-state index in [1.165, 1.54) is 0 Å². The van der Waals surface area contributed by atoms with Crippen molar-refractivity contribution in [2.75, 3.05) is 13.7 Å². The summed E-state index contributed by atoms with van der Waals surface area (Å²) in [4.78, 5) is 11.4. The minimum atomic E-state index is -0.176. The standard InChI is InChI=1S/C12H14N2O2/c1-9-3-4-11(16-2)10(7-9)8-12(15)14-6-5-13/h3-4,7H,6,8H2,1-2H3,(H,14,15). The third-order valence-corrected chi connectivity index (χ3v) is 2.15. The van der Waals surface area contributed by atoms with E-state index in [0.717, 1.165) is 11.1 Å². The summed E-state index contributed by atoms with van der Waals surface area (Å²) in [5, 5.41) is 10.8. The normalized spacial score (nSPS) is 9.31. The molecule has 0 spiro atoms. The molecule has 0 aliphatic rings. The van der Waals surface area contributed by atoms with Crippen LogP contribution in [0, 0.1) is 18.3 Å². The zero-order chi connectivity index (χ0) is 12.0. The molecule has 1 aromatic rings. The largest absolute Gasteiger partial charge is 0.496 e. The van der Waals surface area contributed by atoms with E-state index in [1.807, 2.05) is 31.2 Å². The second-order valence-corrected chi connectivity index (χ2v) is 3.43. The Balaban J connectivity index is 2.76. The van der Waals surface area contributed by atoms with E-state index >= 15 is 0 Å². The van der Waals surface area contributed by atoms with Gasteiger partial charge in [-0.25, -0.2) is 0 Å². The highest BCUT2D eigenvalue weighted by molar-refractivity contribution is 5.79. The SMILES string of the molecule is COc1ccc(C)cc1CC(=O)NCC#N. The van der Waals surface area contributed by atoms with Crippen molar-refractivity contribution in [3.8, 4) is 11.8 Å². The minimum absolute atomic E-state index is 0.0347. The van der Waals surface area contributed by atoms with E-state index in [-0.39, 0.29) is 18.9 Å². The molecule has 4 nitrogen and oxygen atoms in total. The molecule has 0 saturated heterocycles. The zero-order valence-corrected chi connectivity index (χ0v) is 9.41. The van der Waals surface area contributed by atoms with Crippen molar-refractivity contribution in [1.82, 2.24) is 5.32 Å². The Kier molecular flexibility index (Phi) is 4.34. The lowest BCUT2D eigenvalue weighted by molar-refractivity contribution is -0.120. The van der Waals surface area contributed by atoms with Gasteiger partial charge in [0, 0.05) is 5.56 Å². The van der Waals surface area contributed by atoms with Crippen molar-refractivity contribution < 1.29 is 9.53 Å². The van der Waals surface area contributed by atoms with Gasteiger partial charge in [-0.2, -0.15) is 5.26 Å². The van der Waals surface area contributed by atoms with Crippen molar-refractivity contribution >= 4 is 5.91 Å². The number of methoxy groups -OCH3 is 1. The molecule has 0 aliphatic heterocycles. The summed E-state index contributed by atoms with van der Waals surface area (Å²) in [7, 11) is 1.57. The molecular weight excluding hydrogens is 204 g/mol. The number of nitrogens with one attached hydrogen (secondary N) is 1. The second-order valence-electron chi connectivity index (χ2n) is 3.43. The first-order chi connectivity index (χ1) is 7.67. The molecule has 16 heavy (non-hydrogen) atoms. The van der Waals surface area contributed by atoms with Gasteiger partial charge in [-0.1, -0.05) is 17.7 Å². The average Bonchev–Trinajstić information content (AvgIpc) is 2.27. The number of amides is 1. The monoisotopic (exact) mass is 218 g/mol. The van der Waals surface area contributed by atoms with Crippen LogP contribution in [-0.2, 0) is 11.2 Å². The Morgan fingerprint density at radius 1 is 1.56 bits per heavy atom. The number of carbonyl (C=O) groups excluding carboxylic acids is 1. The van der Waals surface area contributed by atoms with Crippen LogP contribution < -0.4 is 10.1 Å². The molecule has 1 rings (SSSR count). The van der Waals surface area contributed by atoms with Gasteiger partial charge in [-0.3, -0.25) is 4.79 Å². The number of benzene rings is 1. The predicted molar refractivity (Wildman–Crippen MR) is 60.1 cm³/mol. The maximum Gasteiger partial charge on any atom is 0.225 e. The van der Waals surface area contributed by atoms with Crippen LogP contribution in [0.3, 0.4) is 0 Å². The number of rotatable bonds is 4. The van der Waals surface area contributed by atoms with Crippen LogP contribution in [0.25, 0.3) is 0 Å². The lowest BCUT2D eigenvalue weighted by Gasteiger charge is -2.08. The fraction of sp³-hybridized carbons (Fsp3) is 0.333. The number of hydrogen-bond acceptors (Lipinski definition) is 3. The Morgan fingerprint density at radius 2 is 2.31 bits per heavy atom. The molecule has 0 saturated carbocycles. The van der Waals surface area contributed by atoms with Gasteiger partial charge in [0.05, 0.1) is 19.6 Å². The Morgan fingerprint density at radius 3 is 2.94 bits per heavy atom. The van der Waals surface area contributed by atoms with Gasteiger partial charge < -0.3 is 10.1 Å². The number of hydrogen-bond donors (Lipinski definition) is 1. The average molecular weight is 218 g/mol. The molecule has 0 heterocycles. The van der Waals surface area contributed by atoms with Crippen LogP contribution in [0.4, 0.5) is 0 Å². The number of nitriles is 1. The van der Waals surface area contributed by atoms with Gasteiger partial charge in [-0.05, 0) is 13.0 Å². The third-order valence-electron chi connectivity index (χ3n) is 2.15. The fourth-order valence-corrected chi connectivity index (χ4v) is 1.42. The lowest BCUT2D eigenvalue weighted by atomic mass is 10.1. The summed E-state index contributed by atoms with van der Waals surface area (Å²) in [6, 6.07) is 7.53. The fourth-order valence-electron chi connectivity index (χ4n) is 1.42. The molecular formula is C12H14N2O2. The Bertz CT molecular complexity index is 422. The molecule has 0 aliphatic carbocycles. The maximum atomic E-state index is 11.4. The van der Waals surface area contributed by atoms with E-state index in [9.17, 15) is 4.79 Å². The molecule has 1 amide bonds. The first-order valence-corrected chi connectivity index (χ1v) is 4.94. The number of ether oxygens (including phenoxy) is 1. The van der Waals surface area contributed by atoms with Crippen molar-refractivity contribution in [3.05, 3.63) is 29.3 Å². The first kappa shape index (κ1) is 12.1. The van der Waals surface area contributed by atoms with E-state index in [2.05, 4.69) is 5.32 Å². The quantitative estimate of drug-likeness (QED) is 0.772. The number of aryl methyl sites for hydroxylation is 1. The highest BCUT2D eigenvalue weighted by Crippen LogP contribution is 2.19. The minimum Gasteiger partial charge on any atom is -0.496 e. The van der Waals surface area contributed by atoms with Gasteiger partial charge in [0.15, 0.2) is 0 Å². The van der Waals surface area contributed by atoms with Crippen LogP contribution >= 0.6 is 0 Å². The smallest absolute Gasteiger partial charge is 0.225 e. The maximum absolute atomic E-state index is 11.4. The summed E-state index contributed by atoms with van der Waals surface area (Å²) in [6.45, 7) is 1.99. The molecule has 4 heteroatoms. The molecule has 84 valence electrons. The summed E-state index contributed by atoms with van der Waals surface area (Å²) in [5.74, 6) is 0.517. The zero-order valence-electron chi connectivity index (χ0n) is 9.41. The van der Waals surface area contributed by atoms with Crippen LogP contribution in [0.1, 0.15) is 11.1 Å². The predicted octanol–water partition coefficient (Wildman–Crippen LogP) is 1.19. The third kappa shape index (κ3) is 3.28. The highest BCUT2D eigenvalue weighted by atomic mass is 16.5. The van der Waals surface area contributed by atoms with Gasteiger partial charge in [0.1, 0.15) is 12.3 Å². The van der Waals surface area contributed by atoms with Crippen molar-refractivity contribution in [2.45, 2.75) is 13.3 Å². The van der Waals surface area contributed by atoms with Crippen LogP contribution in [-0.4, -0.2) is 19.6 Å². The van der Waals surface area contributed by atoms with E-state index in [1.54, 1.807) is 7.11 Å². The van der Waals surface area contributed by atoms with Gasteiger partial charge in [0.25, 0.3) is 0 Å². The summed E-state index contributed by atoms with van der Waals surface area (Å²) < 4.78 is 5.16. The van der Waals surface area contributed by atoms with Crippen LogP contribution in [0.2, 0.25) is 0 Å². The van der Waals surface area contributed by atoms with Crippen molar-refractivity contribution in [1.29, 1.82) is 5.26 Å². The Hall–Kier alpha value is -2.02. The van der Waals surface area contributed by atoms with Gasteiger partial charge in [-0.15, -0.1) is 0 Å². The molecule has 0 atom stereocenters. The molecule has 0 unspecified atom stereocenters. The van der Waals surface area contributed by atoms with Crippen molar-refractivity contribution in [3.63, 3.8) is 0 Å². The van der Waals surface area contributed by atoms with Crippen LogP contribution in [0.5, 0.6) is 5.75 Å². The van der Waals surface area contributed by atoms with E-state index in [4.69, 9.17) is 10.00 Å². The van der Waals surface area contributed by atoms with E-state index in [0.29, 0.717) is 5.75 Å². The molecule has 1 aromatic carbocycles. The van der Waals surface area contributed by atoms with Gasteiger partial charge in [0.2, 0.25) is 5.91 Å². The van der Waals surface area contributed by atoms with E-state index < -0.39 is 0 Å². The molecule has 0 aromatic heterocycles. The molecule has 0 bridgehead atoms. The molecule has 1 N–H and O–H groups in total. The summed E-state index contributed by atoms with van der Waals surface area (Å²) in [5.41, 5.74) is 1.90. The van der Waals surface area contributed by atoms with Gasteiger partial charge >= 0.3 is 0 Å². The molecule has 0 radical (unpaired) electrons. The summed E-state index contributed by atoms with van der Waals surface area (Å²) >= 11 is 0. The van der Waals surface area contributed by atoms with Crippen molar-refractivity contribution in [2.24, 2.45) is 0 Å².